The van der Waals surface area contributed by atoms with Crippen molar-refractivity contribution in [1.82, 2.24) is 14.8 Å². The van der Waals surface area contributed by atoms with E-state index in [4.69, 9.17) is 18.9 Å². The topological polar surface area (TPSA) is 261 Å². The average Bonchev–Trinajstić information content (AvgIpc) is 4.18. The summed E-state index contributed by atoms with van der Waals surface area (Å²) < 4.78 is 41.5. The first-order valence-corrected chi connectivity index (χ1v) is 24.6. The number of benzene rings is 2. The number of nitrogens with one attached hydrogen (secondary N) is 1. The fourth-order valence-corrected chi connectivity index (χ4v) is 10.6. The quantitative estimate of drug-likeness (QED) is 0.197. The first-order valence-electron chi connectivity index (χ1n) is 24.6. The number of aromatic carboxylic acids is 1. The number of amides is 1. The lowest BCUT2D eigenvalue weighted by Gasteiger charge is -2.40. The van der Waals surface area contributed by atoms with Crippen molar-refractivity contribution >= 4 is 51.8 Å². The predicted octanol–water partition coefficient (Wildman–Crippen LogP) is 5.27. The number of anilines is 1. The summed E-state index contributed by atoms with van der Waals surface area (Å²) in [6.07, 6.45) is 5.74. The molecule has 20 heteroatoms. The maximum Gasteiger partial charge on any atom is 0.341 e. The maximum absolute atomic E-state index is 16.1. The van der Waals surface area contributed by atoms with Crippen LogP contribution >= 0.6 is 0 Å². The standard InChI is InChI=1S/C54H61FN4O15/c1-24-11-10-12-25(2)52(68)56-41-42(58-18-16-57(17-19-58)36-22-35-32(21-34(36)55)46(64)33(53(69)70)23-59(35)31-13-14-31)48(66)38-39(47(41)65)45(63)29(6)50-40(38)51(67)54(8,74-50)72-20-15-37(71-9)26(3)49(73-30(7)60)28(5)44(62)27(4)43(24)61/h10-12,15,20-24,26-28,31,37,43-44,49,61-63H,13-14,16-19H2,1-9H3,(H,56,68)(H,69,70)/t24-,26+,27+,28+,37-,43-,44+,49+,54-/m0/s1. The number of Topliss-reactive ketones (excluding diaryl/α,β-unsaturated/α-hetero) is 3. The van der Waals surface area contributed by atoms with Gasteiger partial charge in [-0.1, -0.05) is 45.9 Å². The smallest absolute Gasteiger partial charge is 0.341 e. The molecule has 9 atom stereocenters. The highest BCUT2D eigenvalue weighted by Crippen LogP contribution is 2.49. The molecule has 3 aromatic rings. The van der Waals surface area contributed by atoms with Gasteiger partial charge >= 0.3 is 17.7 Å². The number of esters is 1. The molecule has 2 fully saturated rings. The summed E-state index contributed by atoms with van der Waals surface area (Å²) in [7, 11) is 1.40. The second kappa shape index (κ2) is 20.3. The number of carboxylic acids is 1. The van der Waals surface area contributed by atoms with E-state index in [1.54, 1.807) is 43.2 Å². The Labute approximate surface area is 425 Å². The maximum atomic E-state index is 16.1. The van der Waals surface area contributed by atoms with E-state index < -0.39 is 128 Å². The van der Waals surface area contributed by atoms with Crippen LogP contribution in [0.3, 0.4) is 0 Å². The number of hydrogen-bond donors (Lipinski definition) is 5. The molecule has 1 saturated carbocycles. The van der Waals surface area contributed by atoms with Crippen molar-refractivity contribution in [3.05, 3.63) is 110 Å². The van der Waals surface area contributed by atoms with Crippen LogP contribution in [0.25, 0.3) is 10.9 Å². The number of ether oxygens (including phenoxy) is 4. The van der Waals surface area contributed by atoms with Gasteiger partial charge in [0, 0.05) is 99.6 Å². The summed E-state index contributed by atoms with van der Waals surface area (Å²) in [5.41, 5.74) is -3.08. The van der Waals surface area contributed by atoms with Crippen molar-refractivity contribution in [3.63, 3.8) is 0 Å². The first kappa shape index (κ1) is 53.1. The lowest BCUT2D eigenvalue weighted by molar-refractivity contribution is -0.160. The van der Waals surface area contributed by atoms with Crippen molar-refractivity contribution in [3.8, 4) is 11.5 Å². The number of aliphatic hydroxyl groups excluding tert-OH is 2. The molecular formula is C54H61FN4O15. The van der Waals surface area contributed by atoms with Gasteiger partial charge < -0.3 is 59.1 Å². The van der Waals surface area contributed by atoms with Crippen LogP contribution in [-0.4, -0.2) is 129 Å². The van der Waals surface area contributed by atoms with Crippen LogP contribution in [0.4, 0.5) is 10.1 Å². The minimum absolute atomic E-state index is 0.0327. The number of nitrogens with zero attached hydrogens (tertiary/aromatic N) is 3. The van der Waals surface area contributed by atoms with E-state index in [0.29, 0.717) is 5.52 Å². The number of ketones is 3. The summed E-state index contributed by atoms with van der Waals surface area (Å²) in [6.45, 7) is 12.1. The number of fused-ring (bicyclic) bond motifs is 15. The van der Waals surface area contributed by atoms with Gasteiger partial charge in [-0.25, -0.2) is 9.18 Å². The average molecular weight is 1030 g/mol. The molecule has 0 unspecified atom stereocenters. The Bertz CT molecular complexity index is 3070. The fourth-order valence-electron chi connectivity index (χ4n) is 10.6. The first-order chi connectivity index (χ1) is 34.9. The van der Waals surface area contributed by atoms with Crippen molar-refractivity contribution < 1.29 is 72.5 Å². The van der Waals surface area contributed by atoms with Gasteiger partial charge in [-0.3, -0.25) is 28.8 Å². The number of carbonyl (C=O) groups is 6. The summed E-state index contributed by atoms with van der Waals surface area (Å²) in [5.74, 6) is -12.3. The zero-order chi connectivity index (χ0) is 54.0. The van der Waals surface area contributed by atoms with E-state index in [0.717, 1.165) is 25.2 Å². The van der Waals surface area contributed by atoms with Crippen LogP contribution in [-0.2, 0) is 23.8 Å². The Balaban J connectivity index is 1.20. The number of rotatable bonds is 6. The van der Waals surface area contributed by atoms with Gasteiger partial charge in [-0.2, -0.15) is 0 Å². The number of hydrogen-bond acceptors (Lipinski definition) is 16. The summed E-state index contributed by atoms with van der Waals surface area (Å²) in [4.78, 5) is 99.9. The zero-order valence-electron chi connectivity index (χ0n) is 42.6. The number of aliphatic hydroxyl groups is 2. The monoisotopic (exact) mass is 1020 g/mol. The van der Waals surface area contributed by atoms with Crippen LogP contribution in [0.1, 0.15) is 114 Å². The number of methoxy groups -OCH3 is 1. The molecule has 1 amide bonds. The second-order valence-corrected chi connectivity index (χ2v) is 20.1. The molecule has 4 aliphatic heterocycles. The van der Waals surface area contributed by atoms with Crippen LogP contribution < -0.4 is 20.4 Å². The highest BCUT2D eigenvalue weighted by molar-refractivity contribution is 6.32. The molecular weight excluding hydrogens is 964 g/mol. The summed E-state index contributed by atoms with van der Waals surface area (Å²) >= 11 is 0. The number of phenolic OH excluding ortho intramolecular Hbond substituents is 1. The molecule has 5 heterocycles. The Morgan fingerprint density at radius 1 is 0.878 bits per heavy atom. The van der Waals surface area contributed by atoms with E-state index in [1.807, 2.05) is 0 Å². The number of aromatic hydroxyl groups is 1. The Kier molecular flexibility index (Phi) is 14.6. The number of carbonyl (C=O) groups excluding carboxylic acids is 5. The van der Waals surface area contributed by atoms with Gasteiger partial charge in [-0.15, -0.1) is 0 Å². The third kappa shape index (κ3) is 9.38. The Morgan fingerprint density at radius 3 is 2.16 bits per heavy atom. The minimum atomic E-state index is -2.19. The number of halogens is 1. The van der Waals surface area contributed by atoms with Crippen LogP contribution in [0.5, 0.6) is 11.5 Å². The van der Waals surface area contributed by atoms with Gasteiger partial charge in [0.15, 0.2) is 0 Å². The number of allylic oxidation sites excluding steroid dienone is 4. The molecule has 0 radical (unpaired) electrons. The number of phenols is 1. The van der Waals surface area contributed by atoms with Crippen molar-refractivity contribution in [2.24, 2.45) is 23.7 Å². The Hall–Kier alpha value is -7.16. The normalized spacial score (nSPS) is 28.0. The molecule has 2 aromatic carbocycles. The summed E-state index contributed by atoms with van der Waals surface area (Å²) in [6, 6.07) is 2.44. The molecule has 5 N–H and O–H groups in total. The molecule has 19 nitrogen and oxygen atoms in total. The largest absolute Gasteiger partial charge is 0.507 e. The molecule has 1 aromatic heterocycles. The molecule has 6 aliphatic rings. The minimum Gasteiger partial charge on any atom is -0.507 e. The Morgan fingerprint density at radius 2 is 1.54 bits per heavy atom. The SMILES string of the molecule is CO[C@H]1C=CO[C@@]2(C)Oc3c(C)c(O)c4c(c3C2=O)C(=O)C(N2CCN(c3cc5c(cc3F)c(=O)c(C(=O)O)cn5C3CC3)CC2)=C(NC(=O)C(C)=CC=C[C@H](C)[C@H](O)[C@@H](C)[C@@H](O)[C@@H](C)[C@H](OC(C)=O)[C@@H]1C)C4=O. The number of aromatic nitrogens is 1. The predicted molar refractivity (Wildman–Crippen MR) is 265 cm³/mol. The second-order valence-electron chi connectivity index (χ2n) is 20.1. The van der Waals surface area contributed by atoms with Gasteiger partial charge in [0.05, 0.1) is 52.5 Å². The molecule has 5 bridgehead atoms. The van der Waals surface area contributed by atoms with E-state index >= 15 is 9.18 Å². The number of piperazine rings is 1. The third-order valence-electron chi connectivity index (χ3n) is 15.1. The summed E-state index contributed by atoms with van der Waals surface area (Å²) in [5, 5.41) is 47.1. The molecule has 0 spiro atoms. The van der Waals surface area contributed by atoms with Crippen molar-refractivity contribution in [1.29, 1.82) is 0 Å². The number of pyridine rings is 1. The van der Waals surface area contributed by atoms with Crippen molar-refractivity contribution in [2.75, 3.05) is 38.2 Å². The van der Waals surface area contributed by atoms with Gasteiger partial charge in [0.25, 0.3) is 11.7 Å². The molecule has 74 heavy (non-hydrogen) atoms. The highest BCUT2D eigenvalue weighted by Gasteiger charge is 2.53. The third-order valence-corrected chi connectivity index (χ3v) is 15.1. The molecule has 394 valence electrons. The number of carboxylic acid groups (broad SMARTS) is 1. The lowest BCUT2D eigenvalue weighted by Crippen LogP contribution is -2.50. The molecule has 2 aliphatic carbocycles. The van der Waals surface area contributed by atoms with Gasteiger partial charge in [0.1, 0.15) is 40.4 Å². The van der Waals surface area contributed by atoms with E-state index in [9.17, 15) is 49.2 Å². The highest BCUT2D eigenvalue weighted by atomic mass is 19.1. The van der Waals surface area contributed by atoms with E-state index in [1.165, 1.54) is 70.2 Å². The van der Waals surface area contributed by atoms with Crippen LogP contribution in [0.15, 0.2) is 70.7 Å². The molecule has 9 rings (SSSR count). The van der Waals surface area contributed by atoms with Gasteiger partial charge in [0.2, 0.25) is 17.0 Å². The van der Waals surface area contributed by atoms with Crippen molar-refractivity contribution in [2.45, 2.75) is 104 Å². The fraction of sp³-hybridized carbons (Fsp3) is 0.463. The van der Waals surface area contributed by atoms with Crippen LogP contribution in [0, 0.1) is 36.4 Å². The van der Waals surface area contributed by atoms with Crippen LogP contribution in [0.2, 0.25) is 0 Å². The zero-order valence-corrected chi connectivity index (χ0v) is 42.6. The molecule has 1 saturated heterocycles. The van der Waals surface area contributed by atoms with E-state index in [-0.39, 0.29) is 71.4 Å². The lowest BCUT2D eigenvalue weighted by atomic mass is 9.78. The van der Waals surface area contributed by atoms with Gasteiger partial charge in [-0.05, 0) is 44.9 Å². The van der Waals surface area contributed by atoms with E-state index in [2.05, 4.69) is 5.32 Å².